The number of carbonyl (C=O) groups excluding carboxylic acids is 2. The molecule has 9 heteroatoms. The minimum Gasteiger partial charge on any atom is -0.490 e. The Hall–Kier alpha value is -2.23. The predicted molar refractivity (Wildman–Crippen MR) is 126 cm³/mol. The summed E-state index contributed by atoms with van der Waals surface area (Å²) in [5.74, 6) is 0.271. The maximum absolute atomic E-state index is 13.3. The summed E-state index contributed by atoms with van der Waals surface area (Å²) in [6, 6.07) is 5.81. The van der Waals surface area contributed by atoms with E-state index >= 15 is 0 Å². The molecule has 0 aromatic heterocycles. The molecule has 34 heavy (non-hydrogen) atoms. The van der Waals surface area contributed by atoms with E-state index in [-0.39, 0.29) is 30.7 Å². The number of amides is 2. The van der Waals surface area contributed by atoms with E-state index in [0.717, 1.165) is 58.5 Å². The number of nitrogens with zero attached hydrogens (tertiary/aromatic N) is 4. The standard InChI is InChI=1S/C25H37FN4O4/c1-27-11-13-28(14-12-27)18-24(32)30-15-16-34-25(19-30,17-23(31)29-9-3-2-4-10-29)20-33-22-7-5-21(26)6-8-22/h5-8H,2-4,9-20H2,1H3. The first kappa shape index (κ1) is 24.9. The van der Waals surface area contributed by atoms with Crippen molar-refractivity contribution in [2.24, 2.45) is 0 Å². The Morgan fingerprint density at radius 1 is 0.941 bits per heavy atom. The normalized spacial score (nSPS) is 24.8. The number of halogens is 1. The second-order valence-electron chi connectivity index (χ2n) is 9.79. The van der Waals surface area contributed by atoms with Gasteiger partial charge in [-0.1, -0.05) is 0 Å². The van der Waals surface area contributed by atoms with Gasteiger partial charge in [-0.3, -0.25) is 14.5 Å². The van der Waals surface area contributed by atoms with E-state index in [9.17, 15) is 14.0 Å². The minimum atomic E-state index is -0.932. The first-order valence-corrected chi connectivity index (χ1v) is 12.4. The first-order chi connectivity index (χ1) is 16.4. The van der Waals surface area contributed by atoms with Gasteiger partial charge in [-0.25, -0.2) is 4.39 Å². The molecule has 3 fully saturated rings. The number of likely N-dealkylation sites (N-methyl/N-ethyl adjacent to an activating group) is 1. The van der Waals surface area contributed by atoms with Crippen LogP contribution in [-0.4, -0.2) is 116 Å². The van der Waals surface area contributed by atoms with Crippen LogP contribution in [0.2, 0.25) is 0 Å². The number of piperazine rings is 1. The smallest absolute Gasteiger partial charge is 0.236 e. The number of hydrogen-bond acceptors (Lipinski definition) is 6. The molecule has 3 heterocycles. The fourth-order valence-electron chi connectivity index (χ4n) is 4.88. The molecule has 1 aromatic carbocycles. The van der Waals surface area contributed by atoms with Crippen molar-refractivity contribution in [2.45, 2.75) is 31.3 Å². The molecule has 4 rings (SSSR count). The number of carbonyl (C=O) groups is 2. The van der Waals surface area contributed by atoms with Crippen LogP contribution >= 0.6 is 0 Å². The van der Waals surface area contributed by atoms with Gasteiger partial charge in [-0.15, -0.1) is 0 Å². The van der Waals surface area contributed by atoms with Crippen LogP contribution in [0.5, 0.6) is 5.75 Å². The summed E-state index contributed by atoms with van der Waals surface area (Å²) >= 11 is 0. The third-order valence-corrected chi connectivity index (χ3v) is 7.05. The molecule has 0 radical (unpaired) electrons. The van der Waals surface area contributed by atoms with Crippen LogP contribution in [0, 0.1) is 5.82 Å². The SMILES string of the molecule is CN1CCN(CC(=O)N2CCOC(COc3ccc(F)cc3)(CC(=O)N3CCCCC3)C2)CC1. The fraction of sp³-hybridized carbons (Fsp3) is 0.680. The van der Waals surface area contributed by atoms with E-state index in [1.165, 1.54) is 12.1 Å². The molecule has 3 aliphatic rings. The molecule has 0 saturated carbocycles. The summed E-state index contributed by atoms with van der Waals surface area (Å²) in [6.45, 7) is 6.85. The zero-order chi connectivity index (χ0) is 24.0. The van der Waals surface area contributed by atoms with Gasteiger partial charge in [0.2, 0.25) is 11.8 Å². The molecule has 0 N–H and O–H groups in total. The third kappa shape index (κ3) is 6.67. The topological polar surface area (TPSA) is 65.6 Å². The van der Waals surface area contributed by atoms with Crippen molar-refractivity contribution >= 4 is 11.8 Å². The van der Waals surface area contributed by atoms with E-state index in [1.54, 1.807) is 12.1 Å². The van der Waals surface area contributed by atoms with Gasteiger partial charge in [0.25, 0.3) is 0 Å². The van der Waals surface area contributed by atoms with Gasteiger partial charge < -0.3 is 24.2 Å². The van der Waals surface area contributed by atoms with Gasteiger partial charge in [0.1, 0.15) is 23.8 Å². The highest BCUT2D eigenvalue weighted by Crippen LogP contribution is 2.26. The second kappa shape index (κ2) is 11.5. The second-order valence-corrected chi connectivity index (χ2v) is 9.79. The quantitative estimate of drug-likeness (QED) is 0.594. The number of rotatable bonds is 7. The van der Waals surface area contributed by atoms with Crippen molar-refractivity contribution in [3.8, 4) is 5.75 Å². The van der Waals surface area contributed by atoms with Crippen LogP contribution in [0.15, 0.2) is 24.3 Å². The molecule has 1 unspecified atom stereocenters. The van der Waals surface area contributed by atoms with E-state index in [2.05, 4.69) is 16.8 Å². The molecule has 0 aliphatic carbocycles. The molecule has 2 amide bonds. The lowest BCUT2D eigenvalue weighted by molar-refractivity contribution is -0.167. The van der Waals surface area contributed by atoms with Gasteiger partial charge >= 0.3 is 0 Å². The Morgan fingerprint density at radius 2 is 1.65 bits per heavy atom. The van der Waals surface area contributed by atoms with Crippen LogP contribution in [0.25, 0.3) is 0 Å². The van der Waals surface area contributed by atoms with Gasteiger partial charge in [0.15, 0.2) is 0 Å². The Balaban J connectivity index is 1.43. The van der Waals surface area contributed by atoms with Gasteiger partial charge in [0, 0.05) is 45.8 Å². The van der Waals surface area contributed by atoms with Crippen molar-refractivity contribution in [3.63, 3.8) is 0 Å². The van der Waals surface area contributed by atoms with Crippen LogP contribution in [-0.2, 0) is 14.3 Å². The van der Waals surface area contributed by atoms with Crippen LogP contribution < -0.4 is 4.74 Å². The van der Waals surface area contributed by atoms with E-state index < -0.39 is 5.60 Å². The summed E-state index contributed by atoms with van der Waals surface area (Å²) < 4.78 is 25.5. The number of hydrogen-bond donors (Lipinski definition) is 0. The first-order valence-electron chi connectivity index (χ1n) is 12.4. The zero-order valence-corrected chi connectivity index (χ0v) is 20.2. The predicted octanol–water partition coefficient (Wildman–Crippen LogP) is 1.45. The highest BCUT2D eigenvalue weighted by molar-refractivity contribution is 5.80. The highest BCUT2D eigenvalue weighted by Gasteiger charge is 2.42. The van der Waals surface area contributed by atoms with E-state index in [1.807, 2.05) is 9.80 Å². The average molecular weight is 477 g/mol. The molecular weight excluding hydrogens is 439 g/mol. The van der Waals surface area contributed by atoms with Crippen LogP contribution in [0.3, 0.4) is 0 Å². The Kier molecular flexibility index (Phi) is 8.39. The van der Waals surface area contributed by atoms with Crippen molar-refractivity contribution in [1.82, 2.24) is 19.6 Å². The zero-order valence-electron chi connectivity index (χ0n) is 20.2. The van der Waals surface area contributed by atoms with Crippen molar-refractivity contribution in [2.75, 3.05) is 79.2 Å². The van der Waals surface area contributed by atoms with E-state index in [0.29, 0.717) is 32.0 Å². The maximum atomic E-state index is 13.3. The summed E-state index contributed by atoms with van der Waals surface area (Å²) in [7, 11) is 2.09. The third-order valence-electron chi connectivity index (χ3n) is 7.05. The summed E-state index contributed by atoms with van der Waals surface area (Å²) in [4.78, 5) is 34.5. The fourth-order valence-corrected chi connectivity index (χ4v) is 4.88. The molecule has 3 saturated heterocycles. The number of likely N-dealkylation sites (tertiary alicyclic amines) is 1. The highest BCUT2D eigenvalue weighted by atomic mass is 19.1. The molecule has 8 nitrogen and oxygen atoms in total. The average Bonchev–Trinajstić information content (AvgIpc) is 2.86. The van der Waals surface area contributed by atoms with Crippen LogP contribution in [0.4, 0.5) is 4.39 Å². The monoisotopic (exact) mass is 476 g/mol. The lowest BCUT2D eigenvalue weighted by atomic mass is 9.96. The minimum absolute atomic E-state index is 0.0378. The number of morpholine rings is 1. The molecule has 188 valence electrons. The van der Waals surface area contributed by atoms with Gasteiger partial charge in [-0.2, -0.15) is 0 Å². The Labute approximate surface area is 201 Å². The lowest BCUT2D eigenvalue weighted by Crippen LogP contribution is -2.60. The van der Waals surface area contributed by atoms with Crippen molar-refractivity contribution in [3.05, 3.63) is 30.1 Å². The number of benzene rings is 1. The lowest BCUT2D eigenvalue weighted by Gasteiger charge is -2.43. The Morgan fingerprint density at radius 3 is 2.35 bits per heavy atom. The number of ether oxygens (including phenoxy) is 2. The molecule has 0 bridgehead atoms. The summed E-state index contributed by atoms with van der Waals surface area (Å²) in [5.41, 5.74) is -0.932. The molecule has 1 aromatic rings. The largest absolute Gasteiger partial charge is 0.490 e. The molecular formula is C25H37FN4O4. The van der Waals surface area contributed by atoms with Gasteiger partial charge in [0.05, 0.1) is 26.1 Å². The van der Waals surface area contributed by atoms with Crippen molar-refractivity contribution < 1.29 is 23.5 Å². The molecule has 3 aliphatic heterocycles. The van der Waals surface area contributed by atoms with Crippen LogP contribution in [0.1, 0.15) is 25.7 Å². The molecule has 1 atom stereocenters. The number of piperidine rings is 1. The maximum Gasteiger partial charge on any atom is 0.236 e. The van der Waals surface area contributed by atoms with Gasteiger partial charge in [-0.05, 0) is 50.6 Å². The van der Waals surface area contributed by atoms with E-state index in [4.69, 9.17) is 9.47 Å². The Bertz CT molecular complexity index is 825. The molecule has 0 spiro atoms. The summed E-state index contributed by atoms with van der Waals surface area (Å²) in [6.07, 6.45) is 3.34. The summed E-state index contributed by atoms with van der Waals surface area (Å²) in [5, 5.41) is 0. The van der Waals surface area contributed by atoms with Crippen molar-refractivity contribution in [1.29, 1.82) is 0 Å².